The van der Waals surface area contributed by atoms with Gasteiger partial charge in [-0.3, -0.25) is 4.79 Å². The van der Waals surface area contributed by atoms with E-state index in [0.29, 0.717) is 24.8 Å². The van der Waals surface area contributed by atoms with Crippen molar-refractivity contribution in [3.8, 4) is 5.75 Å². The highest BCUT2D eigenvalue weighted by atomic mass is 16.5. The standard InChI is InChI=1S/C21H28N4O2/c1-16-6-5-9-19(14-16)27-18-10-12-24(13-11-18)21(26)20-15-25(23-22-20)17-7-3-2-4-8-17/h5-6,9,14-15,17-18H,2-4,7-8,10-13H2,1H3. The van der Waals surface area contributed by atoms with Gasteiger partial charge in [0.2, 0.25) is 0 Å². The van der Waals surface area contributed by atoms with E-state index in [1.165, 1.54) is 24.8 Å². The van der Waals surface area contributed by atoms with Crippen molar-refractivity contribution in [2.45, 2.75) is 64.0 Å². The van der Waals surface area contributed by atoms with Gasteiger partial charge in [-0.15, -0.1) is 5.10 Å². The molecule has 2 heterocycles. The van der Waals surface area contributed by atoms with Crippen molar-refractivity contribution in [2.75, 3.05) is 13.1 Å². The highest BCUT2D eigenvalue weighted by Crippen LogP contribution is 2.27. The van der Waals surface area contributed by atoms with Crippen LogP contribution in [0.5, 0.6) is 5.75 Å². The second-order valence-corrected chi connectivity index (χ2v) is 7.80. The second-order valence-electron chi connectivity index (χ2n) is 7.80. The molecule has 0 atom stereocenters. The molecule has 0 spiro atoms. The first-order valence-corrected chi connectivity index (χ1v) is 10.1. The van der Waals surface area contributed by atoms with Gasteiger partial charge >= 0.3 is 0 Å². The first-order valence-electron chi connectivity index (χ1n) is 10.1. The zero-order valence-corrected chi connectivity index (χ0v) is 16.0. The van der Waals surface area contributed by atoms with Crippen LogP contribution in [0.15, 0.2) is 30.5 Å². The summed E-state index contributed by atoms with van der Waals surface area (Å²) in [6, 6.07) is 8.53. The van der Waals surface area contributed by atoms with E-state index in [9.17, 15) is 4.79 Å². The number of aromatic nitrogens is 3. The Balaban J connectivity index is 1.31. The minimum atomic E-state index is -0.00827. The number of aryl methyl sites for hydroxylation is 1. The lowest BCUT2D eigenvalue weighted by molar-refractivity contribution is 0.0590. The molecule has 2 fully saturated rings. The molecule has 0 unspecified atom stereocenters. The Morgan fingerprint density at radius 3 is 2.63 bits per heavy atom. The maximum absolute atomic E-state index is 12.8. The molecule has 2 aliphatic rings. The number of rotatable bonds is 4. The maximum atomic E-state index is 12.8. The number of amides is 1. The molecular weight excluding hydrogens is 340 g/mol. The molecule has 1 aliphatic heterocycles. The molecule has 27 heavy (non-hydrogen) atoms. The summed E-state index contributed by atoms with van der Waals surface area (Å²) in [5.41, 5.74) is 1.67. The lowest BCUT2D eigenvalue weighted by Crippen LogP contribution is -2.42. The van der Waals surface area contributed by atoms with Crippen LogP contribution in [0.2, 0.25) is 0 Å². The van der Waals surface area contributed by atoms with Gasteiger partial charge in [0.15, 0.2) is 5.69 Å². The highest BCUT2D eigenvalue weighted by molar-refractivity contribution is 5.92. The van der Waals surface area contributed by atoms with E-state index in [2.05, 4.69) is 29.4 Å². The third kappa shape index (κ3) is 4.31. The monoisotopic (exact) mass is 368 g/mol. The fraction of sp³-hybridized carbons (Fsp3) is 0.571. The summed E-state index contributed by atoms with van der Waals surface area (Å²) >= 11 is 0. The molecule has 4 rings (SSSR count). The molecule has 1 saturated carbocycles. The number of piperidine rings is 1. The quantitative estimate of drug-likeness (QED) is 0.824. The highest BCUT2D eigenvalue weighted by Gasteiger charge is 2.27. The molecule has 1 aromatic heterocycles. The number of hydrogen-bond donors (Lipinski definition) is 0. The van der Waals surface area contributed by atoms with Crippen LogP contribution >= 0.6 is 0 Å². The Labute approximate surface area is 160 Å². The largest absolute Gasteiger partial charge is 0.490 e. The fourth-order valence-corrected chi connectivity index (χ4v) is 4.12. The molecule has 1 saturated heterocycles. The average molecular weight is 368 g/mol. The molecule has 1 aliphatic carbocycles. The third-order valence-corrected chi connectivity index (χ3v) is 5.70. The average Bonchev–Trinajstić information content (AvgIpc) is 3.19. The predicted molar refractivity (Wildman–Crippen MR) is 103 cm³/mol. The van der Waals surface area contributed by atoms with Crippen LogP contribution in [-0.2, 0) is 0 Å². The van der Waals surface area contributed by atoms with Crippen molar-refractivity contribution in [1.82, 2.24) is 19.9 Å². The van der Waals surface area contributed by atoms with Crippen LogP contribution in [0.25, 0.3) is 0 Å². The molecule has 1 aromatic carbocycles. The number of nitrogens with zero attached hydrogens (tertiary/aromatic N) is 4. The van der Waals surface area contributed by atoms with Gasteiger partial charge in [-0.1, -0.05) is 36.6 Å². The first kappa shape index (κ1) is 18.0. The first-order chi connectivity index (χ1) is 13.2. The van der Waals surface area contributed by atoms with Gasteiger partial charge in [0.05, 0.1) is 12.2 Å². The van der Waals surface area contributed by atoms with Crippen LogP contribution in [-0.4, -0.2) is 45.0 Å². The smallest absolute Gasteiger partial charge is 0.276 e. The molecule has 144 valence electrons. The summed E-state index contributed by atoms with van der Waals surface area (Å²) in [5.74, 6) is 0.904. The molecule has 1 amide bonds. The SMILES string of the molecule is Cc1cccc(OC2CCN(C(=O)c3cn(C4CCCCC4)nn3)CC2)c1. The zero-order chi connectivity index (χ0) is 18.6. The fourth-order valence-electron chi connectivity index (χ4n) is 4.12. The lowest BCUT2D eigenvalue weighted by atomic mass is 9.96. The Hall–Kier alpha value is -2.37. The van der Waals surface area contributed by atoms with Crippen LogP contribution in [0.3, 0.4) is 0 Å². The van der Waals surface area contributed by atoms with Crippen molar-refractivity contribution in [3.05, 3.63) is 41.7 Å². The maximum Gasteiger partial charge on any atom is 0.276 e. The second kappa shape index (κ2) is 8.11. The van der Waals surface area contributed by atoms with Gasteiger partial charge in [0.25, 0.3) is 5.91 Å². The number of likely N-dealkylation sites (tertiary alicyclic amines) is 1. The Morgan fingerprint density at radius 1 is 1.11 bits per heavy atom. The van der Waals surface area contributed by atoms with E-state index in [4.69, 9.17) is 4.74 Å². The number of benzene rings is 1. The summed E-state index contributed by atoms with van der Waals surface area (Å²) in [6.45, 7) is 3.46. The van der Waals surface area contributed by atoms with Gasteiger partial charge in [0.1, 0.15) is 11.9 Å². The topological polar surface area (TPSA) is 60.2 Å². The van der Waals surface area contributed by atoms with E-state index < -0.39 is 0 Å². The van der Waals surface area contributed by atoms with E-state index in [1.807, 2.05) is 27.9 Å². The third-order valence-electron chi connectivity index (χ3n) is 5.70. The van der Waals surface area contributed by atoms with E-state index >= 15 is 0 Å². The molecule has 6 nitrogen and oxygen atoms in total. The number of carbonyl (C=O) groups excluding carboxylic acids is 1. The van der Waals surface area contributed by atoms with Gasteiger partial charge in [-0.2, -0.15) is 0 Å². The van der Waals surface area contributed by atoms with Crippen molar-refractivity contribution in [2.24, 2.45) is 0 Å². The summed E-state index contributed by atoms with van der Waals surface area (Å²) in [6.07, 6.45) is 9.74. The number of ether oxygens (including phenoxy) is 1. The summed E-state index contributed by atoms with van der Waals surface area (Å²) in [5, 5.41) is 8.38. The normalized spacial score (nSPS) is 19.2. The molecule has 0 N–H and O–H groups in total. The molecule has 6 heteroatoms. The van der Waals surface area contributed by atoms with Crippen LogP contribution in [0.1, 0.15) is 67.0 Å². The van der Waals surface area contributed by atoms with Gasteiger partial charge in [0, 0.05) is 25.9 Å². The summed E-state index contributed by atoms with van der Waals surface area (Å²) in [4.78, 5) is 14.7. The minimum Gasteiger partial charge on any atom is -0.490 e. The van der Waals surface area contributed by atoms with Crippen LogP contribution < -0.4 is 4.74 Å². The lowest BCUT2D eigenvalue weighted by Gasteiger charge is -2.31. The van der Waals surface area contributed by atoms with Crippen molar-refractivity contribution >= 4 is 5.91 Å². The Kier molecular flexibility index (Phi) is 5.41. The van der Waals surface area contributed by atoms with Gasteiger partial charge in [-0.05, 0) is 37.5 Å². The number of carbonyl (C=O) groups is 1. The summed E-state index contributed by atoms with van der Waals surface area (Å²) < 4.78 is 7.99. The number of hydrogen-bond acceptors (Lipinski definition) is 4. The molecule has 0 bridgehead atoms. The van der Waals surface area contributed by atoms with Gasteiger partial charge in [-0.25, -0.2) is 4.68 Å². The molecule has 0 radical (unpaired) electrons. The van der Waals surface area contributed by atoms with Crippen molar-refractivity contribution in [1.29, 1.82) is 0 Å². The minimum absolute atomic E-state index is 0.00827. The Morgan fingerprint density at radius 2 is 1.89 bits per heavy atom. The van der Waals surface area contributed by atoms with Gasteiger partial charge < -0.3 is 9.64 Å². The molecular formula is C21H28N4O2. The predicted octanol–water partition coefficient (Wildman–Crippen LogP) is 3.78. The molecule has 2 aromatic rings. The van der Waals surface area contributed by atoms with Crippen molar-refractivity contribution in [3.63, 3.8) is 0 Å². The summed E-state index contributed by atoms with van der Waals surface area (Å²) in [7, 11) is 0. The zero-order valence-electron chi connectivity index (χ0n) is 16.0. The van der Waals surface area contributed by atoms with Crippen LogP contribution in [0.4, 0.5) is 0 Å². The van der Waals surface area contributed by atoms with E-state index in [0.717, 1.165) is 31.4 Å². The Bertz CT molecular complexity index is 774. The van der Waals surface area contributed by atoms with Crippen LogP contribution in [0, 0.1) is 6.92 Å². The van der Waals surface area contributed by atoms with E-state index in [1.54, 1.807) is 0 Å². The van der Waals surface area contributed by atoms with Crippen molar-refractivity contribution < 1.29 is 9.53 Å². The van der Waals surface area contributed by atoms with E-state index in [-0.39, 0.29) is 12.0 Å².